The fraction of sp³-hybridized carbons (Fsp3) is 0.500. The Kier molecular flexibility index (Phi) is 3.94. The summed E-state index contributed by atoms with van der Waals surface area (Å²) in [5.41, 5.74) is 9.73. The highest BCUT2D eigenvalue weighted by Crippen LogP contribution is 2.45. The van der Waals surface area contributed by atoms with Crippen LogP contribution in [0.15, 0.2) is 23.8 Å². The second kappa shape index (κ2) is 5.85. The van der Waals surface area contributed by atoms with Crippen molar-refractivity contribution in [3.05, 3.63) is 29.3 Å². The Morgan fingerprint density at radius 3 is 3.00 bits per heavy atom. The van der Waals surface area contributed by atoms with Crippen LogP contribution in [0.1, 0.15) is 37.7 Å². The molecule has 3 N–H and O–H groups in total. The summed E-state index contributed by atoms with van der Waals surface area (Å²) in [7, 11) is 0. The first-order valence-corrected chi connectivity index (χ1v) is 7.30. The van der Waals surface area contributed by atoms with Crippen molar-refractivity contribution in [2.24, 2.45) is 5.73 Å². The first-order chi connectivity index (χ1) is 9.79. The zero-order chi connectivity index (χ0) is 13.9. The molecular formula is C16H21NO3. The lowest BCUT2D eigenvalue weighted by molar-refractivity contribution is 0.158. The molecule has 0 amide bonds. The largest absolute Gasteiger partial charge is 0.488 e. The molecule has 0 bridgehead atoms. The third kappa shape index (κ3) is 2.53. The van der Waals surface area contributed by atoms with E-state index >= 15 is 0 Å². The quantitative estimate of drug-likeness (QED) is 0.828. The van der Waals surface area contributed by atoms with Gasteiger partial charge in [0.1, 0.15) is 24.3 Å². The predicted molar refractivity (Wildman–Crippen MR) is 77.6 cm³/mol. The molecule has 2 aliphatic rings. The number of ether oxygens (including phenoxy) is 2. The van der Waals surface area contributed by atoms with Gasteiger partial charge in [0.25, 0.3) is 0 Å². The number of nitrogens with two attached hydrogens (primary N) is 1. The van der Waals surface area contributed by atoms with Crippen molar-refractivity contribution in [2.75, 3.05) is 13.2 Å². The highest BCUT2D eigenvalue weighted by atomic mass is 16.5. The molecule has 0 radical (unpaired) electrons. The van der Waals surface area contributed by atoms with Crippen molar-refractivity contribution < 1.29 is 14.6 Å². The molecule has 0 saturated carbocycles. The van der Waals surface area contributed by atoms with E-state index < -0.39 is 6.23 Å². The minimum absolute atomic E-state index is 0.0284. The van der Waals surface area contributed by atoms with Gasteiger partial charge in [-0.05, 0) is 49.0 Å². The molecule has 0 saturated heterocycles. The van der Waals surface area contributed by atoms with Crippen LogP contribution < -0.4 is 15.2 Å². The summed E-state index contributed by atoms with van der Waals surface area (Å²) in [4.78, 5) is 0. The van der Waals surface area contributed by atoms with E-state index in [1.807, 2.05) is 18.2 Å². The van der Waals surface area contributed by atoms with Crippen LogP contribution in [0.5, 0.6) is 11.5 Å². The summed E-state index contributed by atoms with van der Waals surface area (Å²) in [6.45, 7) is 0.731. The summed E-state index contributed by atoms with van der Waals surface area (Å²) in [6.07, 6.45) is 4.60. The van der Waals surface area contributed by atoms with Gasteiger partial charge in [0.05, 0.1) is 5.56 Å². The van der Waals surface area contributed by atoms with Gasteiger partial charge in [-0.15, -0.1) is 0 Å². The molecule has 1 aliphatic carbocycles. The first kappa shape index (κ1) is 13.5. The van der Waals surface area contributed by atoms with Gasteiger partial charge in [-0.2, -0.15) is 0 Å². The number of rotatable bonds is 4. The molecule has 1 aliphatic heterocycles. The number of aliphatic hydroxyl groups is 1. The molecule has 1 atom stereocenters. The molecule has 1 aromatic rings. The number of allylic oxidation sites excluding steroid dienone is 1. The van der Waals surface area contributed by atoms with E-state index in [4.69, 9.17) is 20.3 Å². The lowest BCUT2D eigenvalue weighted by atomic mass is 9.85. The lowest BCUT2D eigenvalue weighted by Gasteiger charge is -2.29. The molecule has 4 nitrogen and oxygen atoms in total. The zero-order valence-electron chi connectivity index (χ0n) is 11.6. The fourth-order valence-corrected chi connectivity index (χ4v) is 2.97. The SMILES string of the molecule is NC(CCO)Oc1cccc2c1C1=C(CCCC1)CO2. The normalized spacial score (nSPS) is 18.9. The fourth-order valence-electron chi connectivity index (χ4n) is 2.97. The smallest absolute Gasteiger partial charge is 0.149 e. The van der Waals surface area contributed by atoms with E-state index in [0.29, 0.717) is 13.0 Å². The number of fused-ring (bicyclic) bond motifs is 2. The van der Waals surface area contributed by atoms with Crippen LogP contribution in [0.3, 0.4) is 0 Å². The lowest BCUT2D eigenvalue weighted by Crippen LogP contribution is -2.29. The van der Waals surface area contributed by atoms with Crippen LogP contribution in [-0.4, -0.2) is 24.5 Å². The van der Waals surface area contributed by atoms with Gasteiger partial charge in [-0.25, -0.2) is 0 Å². The van der Waals surface area contributed by atoms with Crippen molar-refractivity contribution in [3.63, 3.8) is 0 Å². The Balaban J connectivity index is 1.96. The molecule has 20 heavy (non-hydrogen) atoms. The second-order valence-corrected chi connectivity index (χ2v) is 5.38. The molecule has 108 valence electrons. The molecule has 1 aromatic carbocycles. The van der Waals surface area contributed by atoms with E-state index in [0.717, 1.165) is 29.9 Å². The second-order valence-electron chi connectivity index (χ2n) is 5.38. The zero-order valence-corrected chi connectivity index (χ0v) is 11.6. The molecular weight excluding hydrogens is 254 g/mol. The van der Waals surface area contributed by atoms with Crippen molar-refractivity contribution in [2.45, 2.75) is 38.3 Å². The van der Waals surface area contributed by atoms with Gasteiger partial charge in [-0.1, -0.05) is 6.07 Å². The van der Waals surface area contributed by atoms with Crippen LogP contribution in [0.2, 0.25) is 0 Å². The number of hydrogen-bond donors (Lipinski definition) is 2. The monoisotopic (exact) mass is 275 g/mol. The topological polar surface area (TPSA) is 64.7 Å². The van der Waals surface area contributed by atoms with Gasteiger partial charge in [-0.3, -0.25) is 5.73 Å². The average Bonchev–Trinajstić information content (AvgIpc) is 2.47. The molecule has 1 heterocycles. The Hall–Kier alpha value is -1.52. The summed E-state index contributed by atoms with van der Waals surface area (Å²) in [5.74, 6) is 1.66. The van der Waals surface area contributed by atoms with Crippen molar-refractivity contribution in [1.29, 1.82) is 0 Å². The van der Waals surface area contributed by atoms with E-state index in [9.17, 15) is 0 Å². The molecule has 0 aromatic heterocycles. The van der Waals surface area contributed by atoms with Crippen molar-refractivity contribution >= 4 is 5.57 Å². The summed E-state index contributed by atoms with van der Waals surface area (Å²) >= 11 is 0. The number of aliphatic hydroxyl groups excluding tert-OH is 1. The van der Waals surface area contributed by atoms with Gasteiger partial charge >= 0.3 is 0 Å². The summed E-state index contributed by atoms with van der Waals surface area (Å²) in [6, 6.07) is 5.84. The molecule has 0 spiro atoms. The predicted octanol–water partition coefficient (Wildman–Crippen LogP) is 2.45. The maximum atomic E-state index is 8.95. The molecule has 3 rings (SSSR count). The van der Waals surface area contributed by atoms with Crippen LogP contribution >= 0.6 is 0 Å². The molecule has 0 fully saturated rings. The highest BCUT2D eigenvalue weighted by molar-refractivity contribution is 5.79. The van der Waals surface area contributed by atoms with Crippen LogP contribution in [0.25, 0.3) is 5.57 Å². The van der Waals surface area contributed by atoms with E-state index in [-0.39, 0.29) is 6.61 Å². The maximum absolute atomic E-state index is 8.95. The third-order valence-corrected chi connectivity index (χ3v) is 3.97. The van der Waals surface area contributed by atoms with Crippen LogP contribution in [0, 0.1) is 0 Å². The average molecular weight is 275 g/mol. The van der Waals surface area contributed by atoms with Gasteiger partial charge in [0.2, 0.25) is 0 Å². The number of benzene rings is 1. The maximum Gasteiger partial charge on any atom is 0.149 e. The van der Waals surface area contributed by atoms with Crippen molar-refractivity contribution in [1.82, 2.24) is 0 Å². The first-order valence-electron chi connectivity index (χ1n) is 7.30. The van der Waals surface area contributed by atoms with Gasteiger partial charge in [0.15, 0.2) is 0 Å². The van der Waals surface area contributed by atoms with E-state index in [2.05, 4.69) is 0 Å². The Morgan fingerprint density at radius 2 is 2.15 bits per heavy atom. The minimum atomic E-state index is -0.485. The Bertz CT molecular complexity index is 524. The standard InChI is InChI=1S/C16H21NO3/c17-15(8-9-18)20-14-7-3-6-13-16(14)12-5-2-1-4-11(12)10-19-13/h3,6-7,15,18H,1-2,4-5,8-10,17H2. The van der Waals surface area contributed by atoms with Crippen LogP contribution in [-0.2, 0) is 0 Å². The van der Waals surface area contributed by atoms with E-state index in [1.54, 1.807) is 0 Å². The third-order valence-electron chi connectivity index (χ3n) is 3.97. The Morgan fingerprint density at radius 1 is 1.30 bits per heavy atom. The minimum Gasteiger partial charge on any atom is -0.488 e. The Labute approximate surface area is 119 Å². The van der Waals surface area contributed by atoms with Crippen LogP contribution in [0.4, 0.5) is 0 Å². The number of hydrogen-bond acceptors (Lipinski definition) is 4. The molecule has 4 heteroatoms. The summed E-state index contributed by atoms with van der Waals surface area (Å²) < 4.78 is 11.7. The van der Waals surface area contributed by atoms with Crippen molar-refractivity contribution in [3.8, 4) is 11.5 Å². The highest BCUT2D eigenvalue weighted by Gasteiger charge is 2.26. The van der Waals surface area contributed by atoms with Gasteiger partial charge < -0.3 is 14.6 Å². The molecule has 1 unspecified atom stereocenters. The van der Waals surface area contributed by atoms with Gasteiger partial charge in [0, 0.05) is 13.0 Å². The summed E-state index contributed by atoms with van der Waals surface area (Å²) in [5, 5.41) is 8.95. The van der Waals surface area contributed by atoms with E-state index in [1.165, 1.54) is 24.0 Å².